The lowest BCUT2D eigenvalue weighted by Gasteiger charge is -2.04. The second-order valence-electron chi connectivity index (χ2n) is 4.95. The molecule has 2 rings (SSSR count). The van der Waals surface area contributed by atoms with Crippen LogP contribution in [0.2, 0.25) is 0 Å². The molecule has 2 aromatic rings. The topological polar surface area (TPSA) is 112 Å². The van der Waals surface area contributed by atoms with Crippen LogP contribution in [0.3, 0.4) is 0 Å². The van der Waals surface area contributed by atoms with Crippen LogP contribution < -0.4 is 11.1 Å². The predicted molar refractivity (Wildman–Crippen MR) is 76.3 cm³/mol. The normalized spacial score (nSPS) is 10.9. The fourth-order valence-corrected chi connectivity index (χ4v) is 1.95. The Balaban J connectivity index is 1.83. The van der Waals surface area contributed by atoms with E-state index in [0.717, 1.165) is 24.4 Å². The van der Waals surface area contributed by atoms with Crippen molar-refractivity contribution in [2.45, 2.75) is 32.6 Å². The minimum Gasteiger partial charge on any atom is -0.395 e. The Hall–Kier alpha value is -2.31. The van der Waals surface area contributed by atoms with Crippen molar-refractivity contribution in [3.8, 4) is 0 Å². The number of nitrogens with one attached hydrogen (secondary N) is 3. The molecule has 0 bridgehead atoms. The smallest absolute Gasteiger partial charge is 0.273 e. The number of anilines is 1. The van der Waals surface area contributed by atoms with E-state index in [-0.39, 0.29) is 17.5 Å². The number of aromatic nitrogens is 4. The van der Waals surface area contributed by atoms with E-state index in [1.807, 2.05) is 13.8 Å². The van der Waals surface area contributed by atoms with Gasteiger partial charge in [-0.05, 0) is 12.3 Å². The van der Waals surface area contributed by atoms with Gasteiger partial charge in [-0.1, -0.05) is 13.8 Å². The molecule has 0 atom stereocenters. The van der Waals surface area contributed by atoms with Gasteiger partial charge < -0.3 is 16.0 Å². The van der Waals surface area contributed by atoms with E-state index in [4.69, 9.17) is 5.73 Å². The molecule has 0 unspecified atom stereocenters. The van der Waals surface area contributed by atoms with E-state index in [2.05, 4.69) is 25.5 Å². The van der Waals surface area contributed by atoms with Crippen LogP contribution in [-0.4, -0.2) is 32.6 Å². The molecule has 0 radical (unpaired) electrons. The summed E-state index contributed by atoms with van der Waals surface area (Å²) in [5.41, 5.74) is 7.42. The molecular formula is C13H20N6O. The first kappa shape index (κ1) is 14.1. The number of aromatic amines is 2. The molecule has 2 aromatic heterocycles. The number of amides is 1. The zero-order chi connectivity index (χ0) is 14.5. The Morgan fingerprint density at radius 3 is 2.90 bits per heavy atom. The Bertz CT molecular complexity index is 557. The highest BCUT2D eigenvalue weighted by Crippen LogP contribution is 2.21. The van der Waals surface area contributed by atoms with Crippen molar-refractivity contribution in [1.82, 2.24) is 25.5 Å². The number of aryl methyl sites for hydroxylation is 1. The van der Waals surface area contributed by atoms with Gasteiger partial charge in [0, 0.05) is 25.4 Å². The number of imidazole rings is 1. The molecule has 0 saturated carbocycles. The molecule has 5 N–H and O–H groups in total. The Labute approximate surface area is 117 Å². The maximum absolute atomic E-state index is 12.0. The third-order valence-corrected chi connectivity index (χ3v) is 3.06. The maximum atomic E-state index is 12.0. The highest BCUT2D eigenvalue weighted by atomic mass is 16.1. The van der Waals surface area contributed by atoms with E-state index >= 15 is 0 Å². The average Bonchev–Trinajstić information content (AvgIpc) is 3.03. The van der Waals surface area contributed by atoms with Crippen LogP contribution in [0.25, 0.3) is 0 Å². The Kier molecular flexibility index (Phi) is 4.39. The summed E-state index contributed by atoms with van der Waals surface area (Å²) in [5.74, 6) is 0.883. The number of nitrogen functional groups attached to an aromatic ring is 1. The summed E-state index contributed by atoms with van der Waals surface area (Å²) in [6.07, 6.45) is 5.10. The van der Waals surface area contributed by atoms with E-state index in [1.165, 1.54) is 0 Å². The van der Waals surface area contributed by atoms with Gasteiger partial charge in [0.15, 0.2) is 5.69 Å². The van der Waals surface area contributed by atoms with Gasteiger partial charge in [-0.3, -0.25) is 9.89 Å². The number of nitrogens with two attached hydrogens (primary N) is 1. The van der Waals surface area contributed by atoms with Crippen molar-refractivity contribution in [2.75, 3.05) is 12.3 Å². The SMILES string of the molecule is CC(C)c1[nH]nc(C(=O)NCCCc2ncc[nH]2)c1N. The van der Waals surface area contributed by atoms with Crippen LogP contribution in [0.15, 0.2) is 12.4 Å². The second-order valence-corrected chi connectivity index (χ2v) is 4.95. The highest BCUT2D eigenvalue weighted by molar-refractivity contribution is 5.97. The Morgan fingerprint density at radius 1 is 1.50 bits per heavy atom. The molecule has 7 heteroatoms. The van der Waals surface area contributed by atoms with Gasteiger partial charge in [0.25, 0.3) is 5.91 Å². The molecule has 0 aliphatic rings. The molecule has 7 nitrogen and oxygen atoms in total. The van der Waals surface area contributed by atoms with E-state index in [1.54, 1.807) is 12.4 Å². The summed E-state index contributed by atoms with van der Waals surface area (Å²) in [7, 11) is 0. The summed E-state index contributed by atoms with van der Waals surface area (Å²) >= 11 is 0. The number of carbonyl (C=O) groups excluding carboxylic acids is 1. The molecule has 108 valence electrons. The fraction of sp³-hybridized carbons (Fsp3) is 0.462. The lowest BCUT2D eigenvalue weighted by molar-refractivity contribution is 0.0949. The average molecular weight is 276 g/mol. The fourth-order valence-electron chi connectivity index (χ4n) is 1.95. The van der Waals surface area contributed by atoms with E-state index in [9.17, 15) is 4.79 Å². The first-order valence-electron chi connectivity index (χ1n) is 6.69. The first-order valence-corrected chi connectivity index (χ1v) is 6.69. The van der Waals surface area contributed by atoms with Crippen LogP contribution in [0, 0.1) is 0 Å². The van der Waals surface area contributed by atoms with Crippen LogP contribution in [0.1, 0.15) is 48.2 Å². The molecule has 0 aromatic carbocycles. The summed E-state index contributed by atoms with van der Waals surface area (Å²) in [5, 5.41) is 9.61. The maximum Gasteiger partial charge on any atom is 0.273 e. The van der Waals surface area contributed by atoms with Crippen molar-refractivity contribution in [1.29, 1.82) is 0 Å². The monoisotopic (exact) mass is 276 g/mol. The lowest BCUT2D eigenvalue weighted by Crippen LogP contribution is -2.26. The summed E-state index contributed by atoms with van der Waals surface area (Å²) < 4.78 is 0. The molecule has 0 aliphatic carbocycles. The van der Waals surface area contributed by atoms with E-state index < -0.39 is 0 Å². The molecule has 0 spiro atoms. The third kappa shape index (κ3) is 3.17. The number of hydrogen-bond acceptors (Lipinski definition) is 4. The van der Waals surface area contributed by atoms with E-state index in [0.29, 0.717) is 12.2 Å². The minimum absolute atomic E-state index is 0.211. The standard InChI is InChI=1S/C13H20N6O/c1-8(2)11-10(14)12(19-18-11)13(20)17-5-3-4-9-15-6-7-16-9/h6-8H,3-5,14H2,1-2H3,(H,15,16)(H,17,20)(H,18,19). The number of H-pyrrole nitrogens is 2. The summed E-state index contributed by atoms with van der Waals surface area (Å²) in [6, 6.07) is 0. The van der Waals surface area contributed by atoms with Gasteiger partial charge in [0.1, 0.15) is 5.82 Å². The van der Waals surface area contributed by atoms with Gasteiger partial charge in [0.05, 0.1) is 11.4 Å². The largest absolute Gasteiger partial charge is 0.395 e. The Morgan fingerprint density at radius 2 is 2.30 bits per heavy atom. The van der Waals surface area contributed by atoms with Crippen molar-refractivity contribution in [3.05, 3.63) is 29.6 Å². The number of carbonyl (C=O) groups is 1. The highest BCUT2D eigenvalue weighted by Gasteiger charge is 2.18. The zero-order valence-corrected chi connectivity index (χ0v) is 11.7. The summed E-state index contributed by atoms with van der Waals surface area (Å²) in [6.45, 7) is 4.55. The van der Waals surface area contributed by atoms with Gasteiger partial charge in [-0.2, -0.15) is 5.10 Å². The van der Waals surface area contributed by atoms with Crippen molar-refractivity contribution < 1.29 is 4.79 Å². The van der Waals surface area contributed by atoms with Gasteiger partial charge in [-0.25, -0.2) is 4.98 Å². The third-order valence-electron chi connectivity index (χ3n) is 3.06. The van der Waals surface area contributed by atoms with Crippen LogP contribution in [0.5, 0.6) is 0 Å². The molecule has 0 fully saturated rings. The predicted octanol–water partition coefficient (Wildman–Crippen LogP) is 1.20. The van der Waals surface area contributed by atoms with Crippen LogP contribution >= 0.6 is 0 Å². The van der Waals surface area contributed by atoms with Crippen LogP contribution in [-0.2, 0) is 6.42 Å². The number of rotatable bonds is 6. The lowest BCUT2D eigenvalue weighted by atomic mass is 10.1. The van der Waals surface area contributed by atoms with Crippen LogP contribution in [0.4, 0.5) is 5.69 Å². The molecule has 0 aliphatic heterocycles. The zero-order valence-electron chi connectivity index (χ0n) is 11.7. The number of nitrogens with zero attached hydrogens (tertiary/aromatic N) is 2. The van der Waals surface area contributed by atoms with Crippen molar-refractivity contribution in [2.24, 2.45) is 0 Å². The molecular weight excluding hydrogens is 256 g/mol. The van der Waals surface area contributed by atoms with Gasteiger partial charge in [-0.15, -0.1) is 0 Å². The molecule has 2 heterocycles. The second kappa shape index (κ2) is 6.23. The quantitative estimate of drug-likeness (QED) is 0.594. The van der Waals surface area contributed by atoms with Gasteiger partial charge in [0.2, 0.25) is 0 Å². The molecule has 1 amide bonds. The first-order chi connectivity index (χ1) is 9.59. The van der Waals surface area contributed by atoms with Crippen molar-refractivity contribution >= 4 is 11.6 Å². The summed E-state index contributed by atoms with van der Waals surface area (Å²) in [4.78, 5) is 19.1. The molecule has 0 saturated heterocycles. The number of hydrogen-bond donors (Lipinski definition) is 4. The van der Waals surface area contributed by atoms with Gasteiger partial charge >= 0.3 is 0 Å². The van der Waals surface area contributed by atoms with Crippen molar-refractivity contribution in [3.63, 3.8) is 0 Å². The minimum atomic E-state index is -0.245. The molecule has 20 heavy (non-hydrogen) atoms.